The number of amides is 1. The molecule has 1 aromatic heterocycles. The standard InChI is InChI=1S/C14H15BrN2O2S/c1-19-8-14(18)17-12-4-2-3-11(6-12)16-7-10-5-13(15)20-9-10/h2-6,9,16H,7-8H2,1H3,(H,17,18). The van der Waals surface area contributed by atoms with Gasteiger partial charge in [0.2, 0.25) is 5.91 Å². The molecule has 0 atom stereocenters. The van der Waals surface area contributed by atoms with E-state index in [9.17, 15) is 4.79 Å². The zero-order valence-corrected chi connectivity index (χ0v) is 13.4. The van der Waals surface area contributed by atoms with Crippen molar-refractivity contribution >= 4 is 44.5 Å². The number of benzene rings is 1. The third kappa shape index (κ3) is 4.63. The molecule has 106 valence electrons. The lowest BCUT2D eigenvalue weighted by molar-refractivity contribution is -0.119. The van der Waals surface area contributed by atoms with E-state index in [0.29, 0.717) is 0 Å². The minimum atomic E-state index is -0.161. The van der Waals surface area contributed by atoms with Crippen LogP contribution in [0.15, 0.2) is 39.5 Å². The largest absolute Gasteiger partial charge is 0.381 e. The smallest absolute Gasteiger partial charge is 0.250 e. The van der Waals surface area contributed by atoms with Crippen LogP contribution in [0.4, 0.5) is 11.4 Å². The summed E-state index contributed by atoms with van der Waals surface area (Å²) in [4.78, 5) is 11.4. The maximum atomic E-state index is 11.4. The van der Waals surface area contributed by atoms with Gasteiger partial charge in [-0.15, -0.1) is 11.3 Å². The van der Waals surface area contributed by atoms with Gasteiger partial charge in [-0.25, -0.2) is 0 Å². The molecule has 6 heteroatoms. The van der Waals surface area contributed by atoms with E-state index in [1.165, 1.54) is 12.7 Å². The van der Waals surface area contributed by atoms with Crippen LogP contribution >= 0.6 is 27.3 Å². The Morgan fingerprint density at radius 2 is 2.15 bits per heavy atom. The third-order valence-corrected chi connectivity index (χ3v) is 4.09. The van der Waals surface area contributed by atoms with Crippen LogP contribution in [-0.4, -0.2) is 19.6 Å². The molecular weight excluding hydrogens is 340 g/mol. The van der Waals surface area contributed by atoms with E-state index >= 15 is 0 Å². The number of carbonyl (C=O) groups is 1. The maximum Gasteiger partial charge on any atom is 0.250 e. The number of anilines is 2. The average molecular weight is 355 g/mol. The molecule has 0 aliphatic heterocycles. The number of ether oxygens (including phenoxy) is 1. The monoisotopic (exact) mass is 354 g/mol. The van der Waals surface area contributed by atoms with Crippen molar-refractivity contribution in [3.05, 3.63) is 45.1 Å². The summed E-state index contributed by atoms with van der Waals surface area (Å²) >= 11 is 5.11. The van der Waals surface area contributed by atoms with Crippen molar-refractivity contribution in [2.24, 2.45) is 0 Å². The lowest BCUT2D eigenvalue weighted by Gasteiger charge is -2.08. The maximum absolute atomic E-state index is 11.4. The van der Waals surface area contributed by atoms with E-state index in [-0.39, 0.29) is 12.5 Å². The van der Waals surface area contributed by atoms with Gasteiger partial charge in [-0.05, 0) is 51.1 Å². The van der Waals surface area contributed by atoms with Crippen molar-refractivity contribution in [3.63, 3.8) is 0 Å². The van der Waals surface area contributed by atoms with E-state index in [1.807, 2.05) is 24.3 Å². The SMILES string of the molecule is COCC(=O)Nc1cccc(NCc2csc(Br)c2)c1. The van der Waals surface area contributed by atoms with Crippen molar-refractivity contribution in [2.45, 2.75) is 6.54 Å². The van der Waals surface area contributed by atoms with Crippen LogP contribution in [0.5, 0.6) is 0 Å². The van der Waals surface area contributed by atoms with Gasteiger partial charge in [-0.3, -0.25) is 4.79 Å². The second-order valence-electron chi connectivity index (χ2n) is 4.17. The topological polar surface area (TPSA) is 50.4 Å². The first-order chi connectivity index (χ1) is 9.67. The minimum absolute atomic E-state index is 0.0561. The molecule has 0 saturated carbocycles. The molecule has 4 nitrogen and oxygen atoms in total. The number of hydrogen-bond donors (Lipinski definition) is 2. The highest BCUT2D eigenvalue weighted by atomic mass is 79.9. The Balaban J connectivity index is 1.93. The average Bonchev–Trinajstić information content (AvgIpc) is 2.83. The van der Waals surface area contributed by atoms with Gasteiger partial charge in [-0.1, -0.05) is 6.07 Å². The predicted octanol–water partition coefficient (Wildman–Crippen LogP) is 3.71. The molecule has 1 amide bonds. The fourth-order valence-electron chi connectivity index (χ4n) is 1.68. The fraction of sp³-hybridized carbons (Fsp3) is 0.214. The number of rotatable bonds is 6. The molecule has 0 spiro atoms. The van der Waals surface area contributed by atoms with Crippen molar-refractivity contribution < 1.29 is 9.53 Å². The molecule has 2 rings (SSSR count). The van der Waals surface area contributed by atoms with Crippen molar-refractivity contribution in [3.8, 4) is 0 Å². The van der Waals surface area contributed by atoms with Crippen molar-refractivity contribution in [2.75, 3.05) is 24.4 Å². The second kappa shape index (κ2) is 7.42. The minimum Gasteiger partial charge on any atom is -0.381 e. The Morgan fingerprint density at radius 1 is 1.35 bits per heavy atom. The van der Waals surface area contributed by atoms with Gasteiger partial charge in [0.1, 0.15) is 6.61 Å². The molecular formula is C14H15BrN2O2S. The second-order valence-corrected chi connectivity index (χ2v) is 6.47. The molecule has 0 aliphatic rings. The van der Waals surface area contributed by atoms with Crippen LogP contribution in [0.2, 0.25) is 0 Å². The molecule has 0 fully saturated rings. The van der Waals surface area contributed by atoms with E-state index in [1.54, 1.807) is 11.3 Å². The van der Waals surface area contributed by atoms with Gasteiger partial charge in [0, 0.05) is 25.0 Å². The highest BCUT2D eigenvalue weighted by Crippen LogP contribution is 2.22. The summed E-state index contributed by atoms with van der Waals surface area (Å²) in [5, 5.41) is 8.20. The van der Waals surface area contributed by atoms with Gasteiger partial charge in [0.25, 0.3) is 0 Å². The first-order valence-electron chi connectivity index (χ1n) is 6.03. The highest BCUT2D eigenvalue weighted by Gasteiger charge is 2.02. The Hall–Kier alpha value is -1.37. The summed E-state index contributed by atoms with van der Waals surface area (Å²) in [6.45, 7) is 0.804. The molecule has 0 saturated heterocycles. The van der Waals surface area contributed by atoms with E-state index < -0.39 is 0 Å². The van der Waals surface area contributed by atoms with Crippen LogP contribution in [0, 0.1) is 0 Å². The molecule has 2 N–H and O–H groups in total. The Bertz CT molecular complexity index is 586. The van der Waals surface area contributed by atoms with Crippen LogP contribution < -0.4 is 10.6 Å². The third-order valence-electron chi connectivity index (χ3n) is 2.54. The Morgan fingerprint density at radius 3 is 2.85 bits per heavy atom. The molecule has 0 bridgehead atoms. The van der Waals surface area contributed by atoms with Crippen LogP contribution in [0.3, 0.4) is 0 Å². The molecule has 1 aromatic carbocycles. The first kappa shape index (κ1) is 15.0. The summed E-state index contributed by atoms with van der Waals surface area (Å²) in [6.07, 6.45) is 0. The zero-order valence-electron chi connectivity index (χ0n) is 11.0. The van der Waals surface area contributed by atoms with E-state index in [0.717, 1.165) is 21.7 Å². The number of halogens is 1. The van der Waals surface area contributed by atoms with Gasteiger partial charge < -0.3 is 15.4 Å². The zero-order chi connectivity index (χ0) is 14.4. The lowest BCUT2D eigenvalue weighted by atomic mass is 10.2. The summed E-state index contributed by atoms with van der Waals surface area (Å²) in [5.41, 5.74) is 2.93. The van der Waals surface area contributed by atoms with Crippen LogP contribution in [0.25, 0.3) is 0 Å². The summed E-state index contributed by atoms with van der Waals surface area (Å²) in [7, 11) is 1.50. The Labute approximate surface area is 130 Å². The van der Waals surface area contributed by atoms with Crippen LogP contribution in [-0.2, 0) is 16.1 Å². The normalized spacial score (nSPS) is 10.3. The summed E-state index contributed by atoms with van der Waals surface area (Å²) < 4.78 is 5.90. The fourth-order valence-corrected chi connectivity index (χ4v) is 2.89. The molecule has 2 aromatic rings. The molecule has 0 unspecified atom stereocenters. The molecule has 20 heavy (non-hydrogen) atoms. The van der Waals surface area contributed by atoms with Crippen molar-refractivity contribution in [1.82, 2.24) is 0 Å². The van der Waals surface area contributed by atoms with E-state index in [4.69, 9.17) is 4.74 Å². The van der Waals surface area contributed by atoms with Gasteiger partial charge in [0.15, 0.2) is 0 Å². The molecule has 1 heterocycles. The Kier molecular flexibility index (Phi) is 5.58. The molecule has 0 radical (unpaired) electrons. The van der Waals surface area contributed by atoms with Crippen LogP contribution in [0.1, 0.15) is 5.56 Å². The number of carbonyl (C=O) groups excluding carboxylic acids is 1. The quantitative estimate of drug-likeness (QED) is 0.831. The van der Waals surface area contributed by atoms with Gasteiger partial charge >= 0.3 is 0 Å². The lowest BCUT2D eigenvalue weighted by Crippen LogP contribution is -2.17. The predicted molar refractivity (Wildman–Crippen MR) is 86.3 cm³/mol. The number of methoxy groups -OCH3 is 1. The summed E-state index contributed by atoms with van der Waals surface area (Å²) in [5.74, 6) is -0.161. The molecule has 0 aliphatic carbocycles. The van der Waals surface area contributed by atoms with E-state index in [2.05, 4.69) is 38.0 Å². The van der Waals surface area contributed by atoms with Gasteiger partial charge in [-0.2, -0.15) is 0 Å². The highest BCUT2D eigenvalue weighted by molar-refractivity contribution is 9.11. The number of nitrogens with one attached hydrogen (secondary N) is 2. The van der Waals surface area contributed by atoms with Gasteiger partial charge in [0.05, 0.1) is 3.79 Å². The first-order valence-corrected chi connectivity index (χ1v) is 7.70. The van der Waals surface area contributed by atoms with Crippen molar-refractivity contribution in [1.29, 1.82) is 0 Å². The number of thiophene rings is 1. The summed E-state index contributed by atoms with van der Waals surface area (Å²) in [6, 6.07) is 9.69. The number of hydrogen-bond acceptors (Lipinski definition) is 4.